The Bertz CT molecular complexity index is 1060. The van der Waals surface area contributed by atoms with Gasteiger partial charge in [0.2, 0.25) is 5.89 Å². The number of benzene rings is 2. The maximum atomic E-state index is 12.4. The number of carbonyl (C=O) groups is 2. The Morgan fingerprint density at radius 3 is 2.09 bits per heavy atom. The molecule has 1 amide bonds. The fourth-order valence-electron chi connectivity index (χ4n) is 3.27. The SMILES string of the molecule is COC(=O)[C@H](Cc1ccccc1)Nc1nnc([C@H](Cc2ccccc2)NC(=O)OC(C)(C)C)o1. The normalized spacial score (nSPS) is 12.9. The fourth-order valence-corrected chi connectivity index (χ4v) is 3.27. The van der Waals surface area contributed by atoms with Crippen LogP contribution in [0.2, 0.25) is 0 Å². The highest BCUT2D eigenvalue weighted by atomic mass is 16.6. The first-order valence-corrected chi connectivity index (χ1v) is 11.0. The Balaban J connectivity index is 1.78. The second-order valence-electron chi connectivity index (χ2n) is 8.74. The van der Waals surface area contributed by atoms with Gasteiger partial charge in [0, 0.05) is 12.8 Å². The highest BCUT2D eigenvalue weighted by Crippen LogP contribution is 2.21. The van der Waals surface area contributed by atoms with Gasteiger partial charge < -0.3 is 24.5 Å². The van der Waals surface area contributed by atoms with E-state index < -0.39 is 29.7 Å². The highest BCUT2D eigenvalue weighted by Gasteiger charge is 2.27. The molecule has 180 valence electrons. The van der Waals surface area contributed by atoms with E-state index in [0.29, 0.717) is 12.8 Å². The van der Waals surface area contributed by atoms with Crippen LogP contribution in [-0.2, 0) is 27.1 Å². The number of amides is 1. The molecule has 0 bridgehead atoms. The Hall–Kier alpha value is -3.88. The number of rotatable bonds is 9. The second kappa shape index (κ2) is 11.3. The van der Waals surface area contributed by atoms with E-state index in [-0.39, 0.29) is 11.9 Å². The average molecular weight is 467 g/mol. The number of nitrogens with one attached hydrogen (secondary N) is 2. The molecule has 0 saturated carbocycles. The molecule has 0 saturated heterocycles. The van der Waals surface area contributed by atoms with Gasteiger partial charge in [0.15, 0.2) is 0 Å². The van der Waals surface area contributed by atoms with Gasteiger partial charge in [0.1, 0.15) is 17.7 Å². The Morgan fingerprint density at radius 1 is 0.941 bits per heavy atom. The van der Waals surface area contributed by atoms with E-state index >= 15 is 0 Å². The van der Waals surface area contributed by atoms with Crippen molar-refractivity contribution in [3.63, 3.8) is 0 Å². The van der Waals surface area contributed by atoms with Crippen molar-refractivity contribution >= 4 is 18.1 Å². The van der Waals surface area contributed by atoms with Crippen LogP contribution in [0.25, 0.3) is 0 Å². The van der Waals surface area contributed by atoms with E-state index in [0.717, 1.165) is 11.1 Å². The van der Waals surface area contributed by atoms with Crippen LogP contribution < -0.4 is 10.6 Å². The van der Waals surface area contributed by atoms with E-state index in [1.807, 2.05) is 60.7 Å². The number of aromatic nitrogens is 2. The molecule has 1 aromatic heterocycles. The van der Waals surface area contributed by atoms with Crippen molar-refractivity contribution < 1.29 is 23.5 Å². The number of anilines is 1. The number of alkyl carbamates (subject to hydrolysis) is 1. The van der Waals surface area contributed by atoms with Crippen molar-refractivity contribution in [1.82, 2.24) is 15.5 Å². The van der Waals surface area contributed by atoms with E-state index in [4.69, 9.17) is 13.9 Å². The maximum absolute atomic E-state index is 12.4. The number of methoxy groups -OCH3 is 1. The van der Waals surface area contributed by atoms with Gasteiger partial charge in [-0.3, -0.25) is 0 Å². The van der Waals surface area contributed by atoms with Crippen LogP contribution in [0.4, 0.5) is 10.8 Å². The van der Waals surface area contributed by atoms with Crippen LogP contribution in [0.1, 0.15) is 43.8 Å². The zero-order valence-electron chi connectivity index (χ0n) is 19.8. The van der Waals surface area contributed by atoms with Crippen LogP contribution in [0.3, 0.4) is 0 Å². The number of esters is 1. The summed E-state index contributed by atoms with van der Waals surface area (Å²) in [6, 6.07) is 17.8. The highest BCUT2D eigenvalue weighted by molar-refractivity contribution is 5.78. The number of ether oxygens (including phenoxy) is 2. The summed E-state index contributed by atoms with van der Waals surface area (Å²) in [6.45, 7) is 5.35. The number of hydrogen-bond acceptors (Lipinski definition) is 8. The molecule has 0 unspecified atom stereocenters. The number of hydrogen-bond donors (Lipinski definition) is 2. The largest absolute Gasteiger partial charge is 0.467 e. The van der Waals surface area contributed by atoms with Gasteiger partial charge in [-0.2, -0.15) is 0 Å². The molecular weight excluding hydrogens is 436 g/mol. The maximum Gasteiger partial charge on any atom is 0.408 e. The lowest BCUT2D eigenvalue weighted by atomic mass is 10.1. The summed E-state index contributed by atoms with van der Waals surface area (Å²) in [6.07, 6.45) is 0.179. The molecule has 1 heterocycles. The summed E-state index contributed by atoms with van der Waals surface area (Å²) in [5, 5.41) is 13.9. The van der Waals surface area contributed by atoms with Gasteiger partial charge in [-0.05, 0) is 31.9 Å². The van der Waals surface area contributed by atoms with Gasteiger partial charge in [0.25, 0.3) is 0 Å². The minimum absolute atomic E-state index is 0.0466. The summed E-state index contributed by atoms with van der Waals surface area (Å²) in [4.78, 5) is 24.8. The number of nitrogens with zero attached hydrogens (tertiary/aromatic N) is 2. The van der Waals surface area contributed by atoms with Gasteiger partial charge in [-0.15, -0.1) is 5.10 Å². The first-order chi connectivity index (χ1) is 16.2. The first kappa shape index (κ1) is 24.8. The fraction of sp³-hybridized carbons (Fsp3) is 0.360. The lowest BCUT2D eigenvalue weighted by Gasteiger charge is -2.22. The third kappa shape index (κ3) is 7.61. The van der Waals surface area contributed by atoms with E-state index in [9.17, 15) is 9.59 Å². The van der Waals surface area contributed by atoms with Crippen molar-refractivity contribution in [2.75, 3.05) is 12.4 Å². The zero-order valence-corrected chi connectivity index (χ0v) is 19.8. The van der Waals surface area contributed by atoms with Crippen LogP contribution in [0.15, 0.2) is 65.1 Å². The van der Waals surface area contributed by atoms with Crippen molar-refractivity contribution in [2.45, 2.75) is 51.3 Å². The third-order valence-electron chi connectivity index (χ3n) is 4.78. The smallest absolute Gasteiger partial charge is 0.408 e. The van der Waals surface area contributed by atoms with E-state index in [2.05, 4.69) is 20.8 Å². The molecule has 3 rings (SSSR count). The summed E-state index contributed by atoms with van der Waals surface area (Å²) in [5.41, 5.74) is 1.25. The summed E-state index contributed by atoms with van der Waals surface area (Å²) < 4.78 is 16.1. The molecule has 0 fully saturated rings. The lowest BCUT2D eigenvalue weighted by molar-refractivity contribution is -0.141. The predicted octanol–water partition coefficient (Wildman–Crippen LogP) is 4.07. The molecule has 34 heavy (non-hydrogen) atoms. The Morgan fingerprint density at radius 2 is 1.53 bits per heavy atom. The molecular formula is C25H30N4O5. The first-order valence-electron chi connectivity index (χ1n) is 11.0. The van der Waals surface area contributed by atoms with E-state index in [1.54, 1.807) is 20.8 Å². The van der Waals surface area contributed by atoms with Crippen molar-refractivity contribution in [3.05, 3.63) is 77.7 Å². The summed E-state index contributed by atoms with van der Waals surface area (Å²) in [5.74, 6) is -0.281. The second-order valence-corrected chi connectivity index (χ2v) is 8.74. The molecule has 9 nitrogen and oxygen atoms in total. The Kier molecular flexibility index (Phi) is 8.24. The quantitative estimate of drug-likeness (QED) is 0.454. The lowest BCUT2D eigenvalue weighted by Crippen LogP contribution is -2.36. The minimum Gasteiger partial charge on any atom is -0.467 e. The van der Waals surface area contributed by atoms with E-state index in [1.165, 1.54) is 7.11 Å². The van der Waals surface area contributed by atoms with Crippen LogP contribution in [-0.4, -0.2) is 41.0 Å². The van der Waals surface area contributed by atoms with Crippen LogP contribution in [0, 0.1) is 0 Å². The van der Waals surface area contributed by atoms with Crippen molar-refractivity contribution in [2.24, 2.45) is 0 Å². The summed E-state index contributed by atoms with van der Waals surface area (Å²) >= 11 is 0. The third-order valence-corrected chi connectivity index (χ3v) is 4.78. The van der Waals surface area contributed by atoms with Gasteiger partial charge in [-0.25, -0.2) is 9.59 Å². The van der Waals surface area contributed by atoms with Crippen molar-refractivity contribution in [3.8, 4) is 0 Å². The van der Waals surface area contributed by atoms with Gasteiger partial charge >= 0.3 is 18.1 Å². The standard InChI is InChI=1S/C25H30N4O5/c1-25(2,3)34-24(31)27-19(15-17-11-7-5-8-12-17)21-28-29-23(33-21)26-20(22(30)32-4)16-18-13-9-6-10-14-18/h5-14,19-20H,15-16H2,1-4H3,(H,26,29)(H,27,31)/t19-,20-/m0/s1. The molecule has 0 spiro atoms. The zero-order chi connectivity index (χ0) is 24.6. The summed E-state index contributed by atoms with van der Waals surface area (Å²) in [7, 11) is 1.32. The molecule has 0 aliphatic heterocycles. The Labute approximate surface area is 198 Å². The average Bonchev–Trinajstić information content (AvgIpc) is 3.26. The predicted molar refractivity (Wildman–Crippen MR) is 126 cm³/mol. The van der Waals surface area contributed by atoms with Gasteiger partial charge in [-0.1, -0.05) is 65.8 Å². The molecule has 0 aliphatic carbocycles. The monoisotopic (exact) mass is 466 g/mol. The molecule has 2 N–H and O–H groups in total. The molecule has 3 aromatic rings. The molecule has 2 atom stereocenters. The number of carbonyl (C=O) groups excluding carboxylic acids is 2. The topological polar surface area (TPSA) is 116 Å². The molecule has 9 heteroatoms. The van der Waals surface area contributed by atoms with Crippen LogP contribution in [0.5, 0.6) is 0 Å². The molecule has 2 aromatic carbocycles. The minimum atomic E-state index is -0.730. The molecule has 0 aliphatic rings. The van der Waals surface area contributed by atoms with Crippen LogP contribution >= 0.6 is 0 Å². The van der Waals surface area contributed by atoms with Gasteiger partial charge in [0.05, 0.1) is 7.11 Å². The van der Waals surface area contributed by atoms with Crippen molar-refractivity contribution in [1.29, 1.82) is 0 Å². The molecule has 0 radical (unpaired) electrons.